The predicted molar refractivity (Wildman–Crippen MR) is 76.4 cm³/mol. The Bertz CT molecular complexity index is 511. The fourth-order valence-electron chi connectivity index (χ4n) is 1.37. The second-order valence-electron chi connectivity index (χ2n) is 3.59. The average molecular weight is 287 g/mol. The highest BCUT2D eigenvalue weighted by atomic mass is 35.5. The lowest BCUT2D eigenvalue weighted by atomic mass is 10.2. The standard InChI is InChI=1S/C12H12Cl2N2S/c1-2-5-15-12-16-7-11(17-12)8-3-4-9(13)10(14)6-8/h3-4,6-7H,2,5H2,1H3,(H,15,16). The van der Waals surface area contributed by atoms with Crippen molar-refractivity contribution >= 4 is 39.7 Å². The third-order valence-electron chi connectivity index (χ3n) is 2.24. The molecule has 0 saturated carbocycles. The first-order valence-electron chi connectivity index (χ1n) is 5.36. The molecule has 0 saturated heterocycles. The van der Waals surface area contributed by atoms with E-state index in [1.54, 1.807) is 17.4 Å². The minimum Gasteiger partial charge on any atom is -0.362 e. The summed E-state index contributed by atoms with van der Waals surface area (Å²) in [5.74, 6) is 0. The molecule has 0 bridgehead atoms. The smallest absolute Gasteiger partial charge is 0.183 e. The van der Waals surface area contributed by atoms with E-state index >= 15 is 0 Å². The number of anilines is 1. The van der Waals surface area contributed by atoms with E-state index in [-0.39, 0.29) is 0 Å². The number of aromatic nitrogens is 1. The van der Waals surface area contributed by atoms with Crippen molar-refractivity contribution in [3.05, 3.63) is 34.4 Å². The molecule has 0 aliphatic heterocycles. The SMILES string of the molecule is CCCNc1ncc(-c2ccc(Cl)c(Cl)c2)s1. The molecule has 0 amide bonds. The van der Waals surface area contributed by atoms with Gasteiger partial charge < -0.3 is 5.32 Å². The number of hydrogen-bond acceptors (Lipinski definition) is 3. The van der Waals surface area contributed by atoms with Gasteiger partial charge >= 0.3 is 0 Å². The fraction of sp³-hybridized carbons (Fsp3) is 0.250. The summed E-state index contributed by atoms with van der Waals surface area (Å²) in [6.45, 7) is 3.06. The van der Waals surface area contributed by atoms with Crippen LogP contribution in [0.5, 0.6) is 0 Å². The largest absolute Gasteiger partial charge is 0.362 e. The molecular weight excluding hydrogens is 275 g/mol. The highest BCUT2D eigenvalue weighted by Crippen LogP contribution is 2.33. The molecule has 2 aromatic rings. The molecule has 0 unspecified atom stereocenters. The zero-order chi connectivity index (χ0) is 12.3. The summed E-state index contributed by atoms with van der Waals surface area (Å²) in [6.07, 6.45) is 2.93. The van der Waals surface area contributed by atoms with Crippen molar-refractivity contribution in [1.82, 2.24) is 4.98 Å². The van der Waals surface area contributed by atoms with E-state index in [2.05, 4.69) is 17.2 Å². The molecule has 0 radical (unpaired) electrons. The van der Waals surface area contributed by atoms with Gasteiger partial charge in [-0.25, -0.2) is 4.98 Å². The summed E-state index contributed by atoms with van der Waals surface area (Å²) >= 11 is 13.5. The second-order valence-corrected chi connectivity index (χ2v) is 5.43. The molecule has 0 fully saturated rings. The molecule has 1 heterocycles. The first-order valence-corrected chi connectivity index (χ1v) is 6.93. The van der Waals surface area contributed by atoms with Crippen molar-refractivity contribution in [2.24, 2.45) is 0 Å². The molecule has 2 nitrogen and oxygen atoms in total. The number of benzene rings is 1. The molecular formula is C12H12Cl2N2S. The van der Waals surface area contributed by atoms with Crippen LogP contribution < -0.4 is 5.32 Å². The summed E-state index contributed by atoms with van der Waals surface area (Å²) < 4.78 is 0. The Labute approximate surface area is 115 Å². The maximum atomic E-state index is 5.99. The molecule has 0 aliphatic rings. The second kappa shape index (κ2) is 5.71. The van der Waals surface area contributed by atoms with E-state index in [1.807, 2.05) is 18.3 Å². The predicted octanol–water partition coefficient (Wildman–Crippen LogP) is 4.94. The molecule has 0 aliphatic carbocycles. The van der Waals surface area contributed by atoms with Crippen LogP contribution in [0.2, 0.25) is 10.0 Å². The van der Waals surface area contributed by atoms with Crippen LogP contribution in [0.4, 0.5) is 5.13 Å². The van der Waals surface area contributed by atoms with Gasteiger partial charge in [-0.15, -0.1) is 0 Å². The zero-order valence-electron chi connectivity index (χ0n) is 9.34. The van der Waals surface area contributed by atoms with Gasteiger partial charge in [0.1, 0.15) is 0 Å². The number of hydrogen-bond donors (Lipinski definition) is 1. The van der Waals surface area contributed by atoms with Crippen molar-refractivity contribution in [3.8, 4) is 10.4 Å². The Morgan fingerprint density at radius 2 is 2.12 bits per heavy atom. The van der Waals surface area contributed by atoms with Crippen LogP contribution >= 0.6 is 34.5 Å². The zero-order valence-corrected chi connectivity index (χ0v) is 11.7. The Kier molecular flexibility index (Phi) is 4.26. The van der Waals surface area contributed by atoms with Gasteiger partial charge in [-0.05, 0) is 24.1 Å². The lowest BCUT2D eigenvalue weighted by molar-refractivity contribution is 0.976. The highest BCUT2D eigenvalue weighted by Gasteiger charge is 2.06. The molecule has 1 N–H and O–H groups in total. The molecule has 0 spiro atoms. The first kappa shape index (κ1) is 12.7. The van der Waals surface area contributed by atoms with Crippen molar-refractivity contribution in [1.29, 1.82) is 0 Å². The van der Waals surface area contributed by atoms with Gasteiger partial charge in [-0.1, -0.05) is 47.5 Å². The van der Waals surface area contributed by atoms with Gasteiger partial charge in [0.2, 0.25) is 0 Å². The lowest BCUT2D eigenvalue weighted by Gasteiger charge is -2.00. The van der Waals surface area contributed by atoms with Crippen LogP contribution in [0.25, 0.3) is 10.4 Å². The highest BCUT2D eigenvalue weighted by molar-refractivity contribution is 7.18. The maximum Gasteiger partial charge on any atom is 0.183 e. The molecule has 17 heavy (non-hydrogen) atoms. The number of halogens is 2. The molecule has 1 aromatic carbocycles. The van der Waals surface area contributed by atoms with E-state index in [0.717, 1.165) is 28.5 Å². The van der Waals surface area contributed by atoms with E-state index in [4.69, 9.17) is 23.2 Å². The van der Waals surface area contributed by atoms with Gasteiger partial charge in [-0.2, -0.15) is 0 Å². The lowest BCUT2D eigenvalue weighted by Crippen LogP contribution is -1.97. The third kappa shape index (κ3) is 3.12. The quantitative estimate of drug-likeness (QED) is 0.861. The summed E-state index contributed by atoms with van der Waals surface area (Å²) in [6, 6.07) is 5.62. The van der Waals surface area contributed by atoms with E-state index in [9.17, 15) is 0 Å². The molecule has 5 heteroatoms. The maximum absolute atomic E-state index is 5.99. The van der Waals surface area contributed by atoms with Crippen molar-refractivity contribution < 1.29 is 0 Å². The van der Waals surface area contributed by atoms with Crippen LogP contribution in [-0.2, 0) is 0 Å². The fourth-order valence-corrected chi connectivity index (χ4v) is 2.51. The van der Waals surface area contributed by atoms with Gasteiger partial charge in [0.15, 0.2) is 5.13 Å². The van der Waals surface area contributed by atoms with Gasteiger partial charge in [-0.3, -0.25) is 0 Å². The van der Waals surface area contributed by atoms with Crippen LogP contribution in [0.15, 0.2) is 24.4 Å². The normalized spacial score (nSPS) is 10.5. The van der Waals surface area contributed by atoms with Crippen molar-refractivity contribution in [2.75, 3.05) is 11.9 Å². The summed E-state index contributed by atoms with van der Waals surface area (Å²) in [4.78, 5) is 5.40. The minimum atomic E-state index is 0.570. The monoisotopic (exact) mass is 286 g/mol. The van der Waals surface area contributed by atoms with Crippen LogP contribution in [0.1, 0.15) is 13.3 Å². The van der Waals surface area contributed by atoms with Crippen LogP contribution in [0, 0.1) is 0 Å². The van der Waals surface area contributed by atoms with Gasteiger partial charge in [0, 0.05) is 12.7 Å². The van der Waals surface area contributed by atoms with Gasteiger partial charge in [0.25, 0.3) is 0 Å². The average Bonchev–Trinajstić information content (AvgIpc) is 2.79. The first-order chi connectivity index (χ1) is 8.20. The number of thiazole rings is 1. The summed E-state index contributed by atoms with van der Waals surface area (Å²) in [5.41, 5.74) is 1.04. The van der Waals surface area contributed by atoms with Crippen molar-refractivity contribution in [3.63, 3.8) is 0 Å². The molecule has 0 atom stereocenters. The summed E-state index contributed by atoms with van der Waals surface area (Å²) in [5, 5.41) is 5.34. The molecule has 90 valence electrons. The number of nitrogens with one attached hydrogen (secondary N) is 1. The Morgan fingerprint density at radius 1 is 1.29 bits per heavy atom. The van der Waals surface area contributed by atoms with E-state index < -0.39 is 0 Å². The van der Waals surface area contributed by atoms with Crippen LogP contribution in [-0.4, -0.2) is 11.5 Å². The van der Waals surface area contributed by atoms with Gasteiger partial charge in [0.05, 0.1) is 14.9 Å². The number of nitrogens with zero attached hydrogens (tertiary/aromatic N) is 1. The van der Waals surface area contributed by atoms with Crippen LogP contribution in [0.3, 0.4) is 0 Å². The Hall–Kier alpha value is -0.770. The molecule has 1 aromatic heterocycles. The molecule has 2 rings (SSSR count). The van der Waals surface area contributed by atoms with E-state index in [0.29, 0.717) is 10.0 Å². The van der Waals surface area contributed by atoms with Crippen molar-refractivity contribution in [2.45, 2.75) is 13.3 Å². The van der Waals surface area contributed by atoms with E-state index in [1.165, 1.54) is 0 Å². The minimum absolute atomic E-state index is 0.570. The third-order valence-corrected chi connectivity index (χ3v) is 3.98. The Balaban J connectivity index is 2.21. The Morgan fingerprint density at radius 3 is 2.82 bits per heavy atom. The summed E-state index contributed by atoms with van der Waals surface area (Å²) in [7, 11) is 0. The topological polar surface area (TPSA) is 24.9 Å². The number of rotatable bonds is 4.